The van der Waals surface area contributed by atoms with Gasteiger partial charge in [0.2, 0.25) is 0 Å². The highest BCUT2D eigenvalue weighted by molar-refractivity contribution is 9.10. The molecule has 0 bridgehead atoms. The third-order valence-corrected chi connectivity index (χ3v) is 7.57. The van der Waals surface area contributed by atoms with Gasteiger partial charge in [-0.3, -0.25) is 9.36 Å². The van der Waals surface area contributed by atoms with E-state index < -0.39 is 12.0 Å². The summed E-state index contributed by atoms with van der Waals surface area (Å²) in [7, 11) is 2.84. The van der Waals surface area contributed by atoms with Crippen LogP contribution in [0, 0.1) is 0 Å². The number of aromatic nitrogens is 1. The van der Waals surface area contributed by atoms with Crippen molar-refractivity contribution in [1.29, 1.82) is 0 Å². The second kappa shape index (κ2) is 11.4. The van der Waals surface area contributed by atoms with Crippen LogP contribution in [0.3, 0.4) is 0 Å². The van der Waals surface area contributed by atoms with Gasteiger partial charge in [0.15, 0.2) is 27.8 Å². The van der Waals surface area contributed by atoms with Crippen LogP contribution < -0.4 is 29.1 Å². The molecular weight excluding hydrogens is 576 g/mol. The second-order valence-corrected chi connectivity index (χ2v) is 10.1. The zero-order valence-electron chi connectivity index (χ0n) is 21.5. The Morgan fingerprint density at radius 3 is 2.50 bits per heavy atom. The Labute approximate surface area is 231 Å². The highest BCUT2D eigenvalue weighted by atomic mass is 79.9. The van der Waals surface area contributed by atoms with Gasteiger partial charge in [-0.25, -0.2) is 9.79 Å². The standard InChI is InChI=1S/C27H27BrN2O7S/c1-6-36-19-10-15(8-9-18(19)31)24-23(26(33)35-5)14(3)29-27-30(24)25(32)22(38-27)12-16-11-21(37-7-2)20(34-4)13-17(16)28/h8-13,24,31H,6-7H2,1-5H3/b22-12+. The van der Waals surface area contributed by atoms with Crippen LogP contribution in [0.15, 0.2) is 55.9 Å². The van der Waals surface area contributed by atoms with E-state index >= 15 is 0 Å². The molecular formula is C27H27BrN2O7S. The van der Waals surface area contributed by atoms with Gasteiger partial charge in [-0.15, -0.1) is 0 Å². The van der Waals surface area contributed by atoms with Crippen LogP contribution in [0.4, 0.5) is 0 Å². The number of hydrogen-bond acceptors (Lipinski definition) is 9. The first-order valence-electron chi connectivity index (χ1n) is 11.8. The van der Waals surface area contributed by atoms with Gasteiger partial charge >= 0.3 is 5.97 Å². The van der Waals surface area contributed by atoms with Crippen LogP contribution in [0.5, 0.6) is 23.0 Å². The molecule has 1 aliphatic rings. The summed E-state index contributed by atoms with van der Waals surface area (Å²) in [4.78, 5) is 31.7. The first-order valence-corrected chi connectivity index (χ1v) is 13.4. The van der Waals surface area contributed by atoms with Crippen molar-refractivity contribution in [3.05, 3.63) is 76.9 Å². The largest absolute Gasteiger partial charge is 0.504 e. The van der Waals surface area contributed by atoms with Crippen molar-refractivity contribution in [2.75, 3.05) is 27.4 Å². The molecule has 11 heteroatoms. The molecule has 38 heavy (non-hydrogen) atoms. The zero-order valence-corrected chi connectivity index (χ0v) is 23.9. The van der Waals surface area contributed by atoms with E-state index in [0.717, 1.165) is 0 Å². The molecule has 1 N–H and O–H groups in total. The molecule has 3 aromatic rings. The third-order valence-electron chi connectivity index (χ3n) is 5.90. The van der Waals surface area contributed by atoms with E-state index in [0.29, 0.717) is 55.3 Å². The number of phenols is 1. The molecule has 0 radical (unpaired) electrons. The molecule has 1 atom stereocenters. The van der Waals surface area contributed by atoms with Gasteiger partial charge in [0, 0.05) is 4.47 Å². The van der Waals surface area contributed by atoms with E-state index in [-0.39, 0.29) is 22.6 Å². The summed E-state index contributed by atoms with van der Waals surface area (Å²) in [5, 5.41) is 10.2. The van der Waals surface area contributed by atoms with Crippen molar-refractivity contribution < 1.29 is 28.8 Å². The number of thiazole rings is 1. The number of hydrogen-bond donors (Lipinski definition) is 1. The number of ether oxygens (including phenoxy) is 4. The lowest BCUT2D eigenvalue weighted by Gasteiger charge is -2.24. The van der Waals surface area contributed by atoms with Crippen LogP contribution >= 0.6 is 27.3 Å². The fourth-order valence-corrected chi connectivity index (χ4v) is 5.68. The summed E-state index contributed by atoms with van der Waals surface area (Å²) >= 11 is 4.76. The number of aromatic hydroxyl groups is 1. The number of allylic oxidation sites excluding steroid dienone is 1. The number of carbonyl (C=O) groups excluding carboxylic acids is 1. The normalized spacial score (nSPS) is 15.1. The lowest BCUT2D eigenvalue weighted by molar-refractivity contribution is -0.136. The molecule has 0 aliphatic carbocycles. The van der Waals surface area contributed by atoms with Crippen molar-refractivity contribution in [2.24, 2.45) is 4.99 Å². The average molecular weight is 603 g/mol. The van der Waals surface area contributed by atoms with Crippen molar-refractivity contribution in [2.45, 2.75) is 26.8 Å². The summed E-state index contributed by atoms with van der Waals surface area (Å²) in [5.41, 5.74) is 1.61. The Balaban J connectivity index is 1.96. The number of methoxy groups -OCH3 is 2. The molecule has 200 valence electrons. The first kappa shape index (κ1) is 27.5. The monoisotopic (exact) mass is 602 g/mol. The van der Waals surface area contributed by atoms with E-state index in [1.807, 2.05) is 6.92 Å². The topological polar surface area (TPSA) is 109 Å². The summed E-state index contributed by atoms with van der Waals surface area (Å²) in [5.74, 6) is 0.713. The van der Waals surface area contributed by atoms with Crippen LogP contribution in [0.25, 0.3) is 6.08 Å². The maximum absolute atomic E-state index is 13.8. The highest BCUT2D eigenvalue weighted by Crippen LogP contribution is 2.36. The Bertz CT molecular complexity index is 1610. The lowest BCUT2D eigenvalue weighted by atomic mass is 9.95. The summed E-state index contributed by atoms with van der Waals surface area (Å²) in [6.45, 7) is 6.16. The predicted octanol–water partition coefficient (Wildman–Crippen LogP) is 3.68. The van der Waals surface area contributed by atoms with Gasteiger partial charge in [-0.1, -0.05) is 33.3 Å². The molecule has 4 rings (SSSR count). The molecule has 1 aliphatic heterocycles. The van der Waals surface area contributed by atoms with Crippen LogP contribution in [-0.2, 0) is 9.53 Å². The number of phenolic OH excluding ortho intramolecular Hbond substituents is 1. The fraction of sp³-hybridized carbons (Fsp3) is 0.296. The summed E-state index contributed by atoms with van der Waals surface area (Å²) in [6, 6.07) is 7.49. The molecule has 0 fully saturated rings. The molecule has 0 saturated carbocycles. The lowest BCUT2D eigenvalue weighted by Crippen LogP contribution is -2.39. The maximum Gasteiger partial charge on any atom is 0.338 e. The Morgan fingerprint density at radius 2 is 1.84 bits per heavy atom. The van der Waals surface area contributed by atoms with Gasteiger partial charge in [-0.2, -0.15) is 0 Å². The average Bonchev–Trinajstić information content (AvgIpc) is 3.20. The van der Waals surface area contributed by atoms with Gasteiger partial charge in [0.25, 0.3) is 5.56 Å². The van der Waals surface area contributed by atoms with E-state index in [4.69, 9.17) is 18.9 Å². The molecule has 9 nitrogen and oxygen atoms in total. The van der Waals surface area contributed by atoms with Crippen LogP contribution in [0.2, 0.25) is 0 Å². The second-order valence-electron chi connectivity index (χ2n) is 8.19. The number of nitrogens with zero attached hydrogens (tertiary/aromatic N) is 2. The van der Waals surface area contributed by atoms with Gasteiger partial charge in [0.05, 0.1) is 49.3 Å². The molecule has 0 amide bonds. The number of halogens is 1. The molecule has 2 heterocycles. The molecule has 1 unspecified atom stereocenters. The quantitative estimate of drug-likeness (QED) is 0.392. The van der Waals surface area contributed by atoms with Crippen molar-refractivity contribution >= 4 is 39.3 Å². The van der Waals surface area contributed by atoms with E-state index in [9.17, 15) is 14.7 Å². The van der Waals surface area contributed by atoms with E-state index in [1.54, 1.807) is 51.3 Å². The molecule has 0 spiro atoms. The molecule has 1 aromatic heterocycles. The maximum atomic E-state index is 13.8. The van der Waals surface area contributed by atoms with E-state index in [1.165, 1.54) is 29.1 Å². The highest BCUT2D eigenvalue weighted by Gasteiger charge is 2.33. The van der Waals surface area contributed by atoms with Crippen molar-refractivity contribution in [3.63, 3.8) is 0 Å². The minimum absolute atomic E-state index is 0.0437. The van der Waals surface area contributed by atoms with Crippen LogP contribution in [0.1, 0.15) is 37.9 Å². The van der Waals surface area contributed by atoms with Gasteiger partial charge in [0.1, 0.15) is 0 Å². The summed E-state index contributed by atoms with van der Waals surface area (Å²) in [6.07, 6.45) is 1.74. The van der Waals surface area contributed by atoms with Gasteiger partial charge < -0.3 is 24.1 Å². The Kier molecular flexibility index (Phi) is 8.27. The molecule has 2 aromatic carbocycles. The number of rotatable bonds is 8. The van der Waals surface area contributed by atoms with Crippen LogP contribution in [-0.4, -0.2) is 43.1 Å². The predicted molar refractivity (Wildman–Crippen MR) is 147 cm³/mol. The smallest absolute Gasteiger partial charge is 0.338 e. The van der Waals surface area contributed by atoms with Gasteiger partial charge in [-0.05, 0) is 62.2 Å². The Morgan fingerprint density at radius 1 is 1.13 bits per heavy atom. The zero-order chi connectivity index (χ0) is 27.6. The van der Waals surface area contributed by atoms with Crippen molar-refractivity contribution in [3.8, 4) is 23.0 Å². The molecule has 0 saturated heterocycles. The third kappa shape index (κ3) is 5.08. The van der Waals surface area contributed by atoms with E-state index in [2.05, 4.69) is 20.9 Å². The number of esters is 1. The Hall–Kier alpha value is -3.57. The minimum atomic E-state index is -0.834. The summed E-state index contributed by atoms with van der Waals surface area (Å²) < 4.78 is 24.3. The number of benzene rings is 2. The number of fused-ring (bicyclic) bond motifs is 1. The minimum Gasteiger partial charge on any atom is -0.504 e. The number of carbonyl (C=O) groups is 1. The van der Waals surface area contributed by atoms with Crippen molar-refractivity contribution in [1.82, 2.24) is 4.57 Å². The first-order chi connectivity index (χ1) is 18.2. The SMILES string of the molecule is CCOc1cc(C2C(C(=O)OC)=C(C)N=c3s/c(=C/c4cc(OCC)c(OC)cc4Br)c(=O)n32)ccc1O. The fourth-order valence-electron chi connectivity index (χ4n) is 4.21.